The van der Waals surface area contributed by atoms with E-state index in [4.69, 9.17) is 24.5 Å². The van der Waals surface area contributed by atoms with E-state index in [2.05, 4.69) is 10.1 Å². The SMILES string of the molecule is COc1cc2c(c(F)c1OC)C(=N)N(CC(=O)c1cc(N3CCCC3)c(OCC3CC(C(=O)O)=NO3)c(C(C)(C)C)c1)C2. The second-order valence-corrected chi connectivity index (χ2v) is 12.0. The van der Waals surface area contributed by atoms with E-state index < -0.39 is 23.3 Å². The van der Waals surface area contributed by atoms with Crippen molar-refractivity contribution < 1.29 is 38.1 Å². The minimum absolute atomic E-state index is 0.0447. The van der Waals surface area contributed by atoms with Crippen LogP contribution >= 0.6 is 0 Å². The first-order valence-electron chi connectivity index (χ1n) is 14.3. The molecule has 1 atom stereocenters. The largest absolute Gasteiger partial charge is 0.493 e. The van der Waals surface area contributed by atoms with E-state index >= 15 is 4.39 Å². The van der Waals surface area contributed by atoms with Crippen molar-refractivity contribution in [2.24, 2.45) is 5.16 Å². The summed E-state index contributed by atoms with van der Waals surface area (Å²) in [6, 6.07) is 5.29. The van der Waals surface area contributed by atoms with Crippen LogP contribution in [0.4, 0.5) is 10.1 Å². The zero-order chi connectivity index (χ0) is 31.1. The van der Waals surface area contributed by atoms with Gasteiger partial charge < -0.3 is 34.0 Å². The Morgan fingerprint density at radius 1 is 1.14 bits per heavy atom. The third-order valence-corrected chi connectivity index (χ3v) is 7.98. The van der Waals surface area contributed by atoms with Gasteiger partial charge in [0, 0.05) is 37.2 Å². The lowest BCUT2D eigenvalue weighted by atomic mass is 9.84. The predicted octanol–water partition coefficient (Wildman–Crippen LogP) is 4.37. The van der Waals surface area contributed by atoms with Crippen LogP contribution in [0, 0.1) is 11.2 Å². The lowest BCUT2D eigenvalue weighted by Crippen LogP contribution is -2.31. The summed E-state index contributed by atoms with van der Waals surface area (Å²) in [6.45, 7) is 7.87. The number of anilines is 1. The summed E-state index contributed by atoms with van der Waals surface area (Å²) in [5, 5.41) is 21.6. The highest BCUT2D eigenvalue weighted by atomic mass is 19.1. The number of halogens is 1. The molecule has 0 bridgehead atoms. The Morgan fingerprint density at radius 3 is 2.47 bits per heavy atom. The van der Waals surface area contributed by atoms with Crippen LogP contribution in [0.5, 0.6) is 17.2 Å². The Balaban J connectivity index is 1.44. The third-order valence-electron chi connectivity index (χ3n) is 7.98. The molecule has 0 amide bonds. The molecule has 0 spiro atoms. The fraction of sp³-hybridized carbons (Fsp3) is 0.484. The average Bonchev–Trinajstić information content (AvgIpc) is 3.72. The van der Waals surface area contributed by atoms with Crippen molar-refractivity contribution in [2.75, 3.05) is 45.4 Å². The number of nitrogens with one attached hydrogen (secondary N) is 1. The van der Waals surface area contributed by atoms with Crippen molar-refractivity contribution in [1.82, 2.24) is 4.90 Å². The monoisotopic (exact) mass is 596 g/mol. The molecule has 3 aliphatic heterocycles. The zero-order valence-electron chi connectivity index (χ0n) is 25.1. The molecule has 3 aliphatic rings. The summed E-state index contributed by atoms with van der Waals surface area (Å²) in [6.07, 6.45) is 1.61. The number of carbonyl (C=O) groups excluding carboxylic acids is 1. The molecule has 3 heterocycles. The number of carbonyl (C=O) groups is 2. The van der Waals surface area contributed by atoms with Gasteiger partial charge in [-0.3, -0.25) is 10.2 Å². The fourth-order valence-corrected chi connectivity index (χ4v) is 5.72. The molecule has 2 aromatic rings. The smallest absolute Gasteiger partial charge is 0.353 e. The molecular weight excluding hydrogens is 559 g/mol. The highest BCUT2D eigenvalue weighted by Crippen LogP contribution is 2.42. The van der Waals surface area contributed by atoms with Crippen LogP contribution in [0.25, 0.3) is 0 Å². The number of hydrogen-bond donors (Lipinski definition) is 2. The number of nitrogens with zero attached hydrogens (tertiary/aromatic N) is 3. The van der Waals surface area contributed by atoms with Crippen molar-refractivity contribution in [1.29, 1.82) is 5.41 Å². The van der Waals surface area contributed by atoms with Gasteiger partial charge in [-0.1, -0.05) is 25.9 Å². The van der Waals surface area contributed by atoms with Gasteiger partial charge in [-0.25, -0.2) is 9.18 Å². The molecule has 0 saturated carbocycles. The number of carboxylic acids is 1. The molecule has 1 saturated heterocycles. The average molecular weight is 597 g/mol. The Bertz CT molecular complexity index is 1490. The second-order valence-electron chi connectivity index (χ2n) is 12.0. The Labute approximate surface area is 249 Å². The van der Waals surface area contributed by atoms with E-state index in [1.807, 2.05) is 32.9 Å². The number of methoxy groups -OCH3 is 2. The molecule has 1 fully saturated rings. The maximum atomic E-state index is 15.3. The number of aliphatic carboxylic acids is 1. The number of fused-ring (bicyclic) bond motifs is 1. The van der Waals surface area contributed by atoms with Crippen LogP contribution < -0.4 is 19.1 Å². The number of ether oxygens (including phenoxy) is 3. The van der Waals surface area contributed by atoms with Crippen molar-refractivity contribution >= 4 is 29.0 Å². The normalized spacial score (nSPS) is 18.0. The van der Waals surface area contributed by atoms with E-state index in [9.17, 15) is 14.7 Å². The highest BCUT2D eigenvalue weighted by molar-refractivity contribution is 6.35. The maximum absolute atomic E-state index is 15.3. The standard InChI is InChI=1S/C31H37FN4O7/c1-31(2,3)20-10-17(23(37)15-36-14-18-12-24(40-4)28(41-5)26(32)25(18)29(36)33)11-22(35-8-6-7-9-35)27(20)42-16-19-13-21(30(38)39)34-43-19/h10-12,19,33H,6-9,13-16H2,1-5H3,(H,38,39). The molecule has 5 rings (SSSR count). The van der Waals surface area contributed by atoms with Gasteiger partial charge in [-0.05, 0) is 42.0 Å². The first kappa shape index (κ1) is 30.1. The van der Waals surface area contributed by atoms with Crippen LogP contribution in [0.3, 0.4) is 0 Å². The van der Waals surface area contributed by atoms with E-state index in [0.29, 0.717) is 16.9 Å². The quantitative estimate of drug-likeness (QED) is 0.384. The number of amidine groups is 1. The van der Waals surface area contributed by atoms with E-state index in [1.165, 1.54) is 14.2 Å². The van der Waals surface area contributed by atoms with Crippen LogP contribution in [-0.2, 0) is 21.6 Å². The van der Waals surface area contributed by atoms with Crippen LogP contribution in [0.1, 0.15) is 67.1 Å². The fourth-order valence-electron chi connectivity index (χ4n) is 5.72. The van der Waals surface area contributed by atoms with E-state index in [1.54, 1.807) is 11.0 Å². The molecule has 2 N–H and O–H groups in total. The molecule has 2 aromatic carbocycles. The highest BCUT2D eigenvalue weighted by Gasteiger charge is 2.34. The number of rotatable bonds is 10. The second kappa shape index (κ2) is 11.7. The summed E-state index contributed by atoms with van der Waals surface area (Å²) in [4.78, 5) is 34.1. The Hall–Kier alpha value is -4.35. The van der Waals surface area contributed by atoms with Gasteiger partial charge in [-0.15, -0.1) is 0 Å². The zero-order valence-corrected chi connectivity index (χ0v) is 25.1. The van der Waals surface area contributed by atoms with Gasteiger partial charge in [-0.2, -0.15) is 0 Å². The molecule has 0 radical (unpaired) electrons. The molecule has 1 unspecified atom stereocenters. The van der Waals surface area contributed by atoms with Gasteiger partial charge in [0.05, 0.1) is 32.0 Å². The van der Waals surface area contributed by atoms with Crippen LogP contribution in [-0.4, -0.2) is 79.9 Å². The summed E-state index contributed by atoms with van der Waals surface area (Å²) in [5.74, 6) is -1.32. The van der Waals surface area contributed by atoms with Crippen molar-refractivity contribution in [2.45, 2.75) is 58.1 Å². The van der Waals surface area contributed by atoms with Crippen molar-refractivity contribution in [3.8, 4) is 17.2 Å². The Morgan fingerprint density at radius 2 is 1.86 bits per heavy atom. The lowest BCUT2D eigenvalue weighted by molar-refractivity contribution is -0.129. The molecule has 12 heteroatoms. The molecule has 0 aromatic heterocycles. The number of ketones is 1. The maximum Gasteiger partial charge on any atom is 0.353 e. The Kier molecular flexibility index (Phi) is 8.22. The van der Waals surface area contributed by atoms with Crippen molar-refractivity contribution in [3.05, 3.63) is 46.3 Å². The summed E-state index contributed by atoms with van der Waals surface area (Å²) in [5.41, 5.74) is 2.26. The summed E-state index contributed by atoms with van der Waals surface area (Å²) >= 11 is 0. The minimum Gasteiger partial charge on any atom is -0.493 e. The first-order chi connectivity index (χ1) is 20.4. The number of Topliss-reactive ketones (excluding diaryl/α,β-unsaturated/α-hetero) is 1. The molecule has 0 aliphatic carbocycles. The van der Waals surface area contributed by atoms with E-state index in [-0.39, 0.29) is 60.5 Å². The number of benzene rings is 2. The predicted molar refractivity (Wildman–Crippen MR) is 158 cm³/mol. The topological polar surface area (TPSA) is 134 Å². The molecule has 43 heavy (non-hydrogen) atoms. The lowest BCUT2D eigenvalue weighted by Gasteiger charge is -2.30. The van der Waals surface area contributed by atoms with Gasteiger partial charge >= 0.3 is 5.97 Å². The van der Waals surface area contributed by atoms with Gasteiger partial charge in [0.25, 0.3) is 0 Å². The summed E-state index contributed by atoms with van der Waals surface area (Å²) < 4.78 is 32.1. The number of hydrogen-bond acceptors (Lipinski definition) is 9. The molecule has 230 valence electrons. The van der Waals surface area contributed by atoms with Gasteiger partial charge in [0.15, 0.2) is 34.9 Å². The molecule has 11 nitrogen and oxygen atoms in total. The molecular formula is C31H37FN4O7. The minimum atomic E-state index is -1.12. The van der Waals surface area contributed by atoms with Gasteiger partial charge in [0.2, 0.25) is 0 Å². The van der Waals surface area contributed by atoms with Crippen molar-refractivity contribution in [3.63, 3.8) is 0 Å². The van der Waals surface area contributed by atoms with Crippen LogP contribution in [0.2, 0.25) is 0 Å². The van der Waals surface area contributed by atoms with E-state index in [0.717, 1.165) is 37.2 Å². The third kappa shape index (κ3) is 5.82. The first-order valence-corrected chi connectivity index (χ1v) is 14.3. The number of carboxylic acid groups (broad SMARTS) is 1. The van der Waals surface area contributed by atoms with Crippen LogP contribution in [0.15, 0.2) is 23.4 Å². The number of oxime groups is 1. The van der Waals surface area contributed by atoms with Gasteiger partial charge in [0.1, 0.15) is 18.2 Å². The summed E-state index contributed by atoms with van der Waals surface area (Å²) in [7, 11) is 2.76.